The molecule has 2 N–H and O–H groups in total. The minimum absolute atomic E-state index is 0.00499. The Morgan fingerprint density at radius 2 is 1.90 bits per heavy atom. The Morgan fingerprint density at radius 1 is 1.23 bits per heavy atom. The number of ether oxygens (including phenoxy) is 2. The number of piperazine rings is 1. The van der Waals surface area contributed by atoms with Crippen molar-refractivity contribution >= 4 is 17.9 Å². The second-order valence-electron chi connectivity index (χ2n) is 8.17. The van der Waals surface area contributed by atoms with E-state index in [-0.39, 0.29) is 28.9 Å². The van der Waals surface area contributed by atoms with E-state index in [4.69, 9.17) is 4.74 Å². The van der Waals surface area contributed by atoms with Crippen LogP contribution in [0.15, 0.2) is 24.3 Å². The first-order chi connectivity index (χ1) is 14.1. The molecule has 2 rings (SSSR count). The van der Waals surface area contributed by atoms with Crippen LogP contribution in [0.4, 0.5) is 8.78 Å². The van der Waals surface area contributed by atoms with Crippen LogP contribution >= 0.6 is 0 Å². The van der Waals surface area contributed by atoms with Gasteiger partial charge in [0.1, 0.15) is 0 Å². The van der Waals surface area contributed by atoms with E-state index in [1.165, 1.54) is 25.3 Å². The van der Waals surface area contributed by atoms with E-state index in [0.717, 1.165) is 4.90 Å². The van der Waals surface area contributed by atoms with Gasteiger partial charge in [-0.2, -0.15) is 8.78 Å². The quantitative estimate of drug-likeness (QED) is 0.637. The molecule has 0 spiro atoms. The molecule has 0 aromatic heterocycles. The van der Waals surface area contributed by atoms with Gasteiger partial charge in [0.05, 0.1) is 33.3 Å². The fourth-order valence-corrected chi connectivity index (χ4v) is 3.16. The van der Waals surface area contributed by atoms with Crippen molar-refractivity contribution in [1.29, 1.82) is 0 Å². The molecule has 1 aromatic rings. The van der Waals surface area contributed by atoms with Gasteiger partial charge in [0.15, 0.2) is 18.0 Å². The number of rotatable bonds is 7. The van der Waals surface area contributed by atoms with E-state index in [1.54, 1.807) is 17.0 Å². The zero-order chi connectivity index (χ0) is 22.3. The summed E-state index contributed by atoms with van der Waals surface area (Å²) in [6.07, 6.45) is 3.05. The van der Waals surface area contributed by atoms with Gasteiger partial charge in [-0.1, -0.05) is 6.07 Å². The third-order valence-electron chi connectivity index (χ3n) is 4.53. The first kappa shape index (κ1) is 23.6. The molecule has 1 heterocycles. The summed E-state index contributed by atoms with van der Waals surface area (Å²) in [5, 5.41) is 2.95. The summed E-state index contributed by atoms with van der Waals surface area (Å²) in [5.41, 5.74) is 0.371. The minimum atomic E-state index is -2.94. The molecule has 0 saturated carbocycles. The highest BCUT2D eigenvalue weighted by Crippen LogP contribution is 2.29. The highest BCUT2D eigenvalue weighted by atomic mass is 19.3. The van der Waals surface area contributed by atoms with E-state index >= 15 is 0 Å². The first-order valence-corrected chi connectivity index (χ1v) is 9.82. The van der Waals surface area contributed by atoms with Crippen molar-refractivity contribution in [3.05, 3.63) is 29.8 Å². The summed E-state index contributed by atoms with van der Waals surface area (Å²) in [6.45, 7) is 5.80. The predicted octanol–water partition coefficient (Wildman–Crippen LogP) is 0.952. The van der Waals surface area contributed by atoms with Crippen LogP contribution in [0.1, 0.15) is 26.3 Å². The molecular weight excluding hydrogens is 396 g/mol. The lowest BCUT2D eigenvalue weighted by molar-refractivity contribution is -0.896. The van der Waals surface area contributed by atoms with Crippen LogP contribution in [-0.4, -0.2) is 68.7 Å². The van der Waals surface area contributed by atoms with Crippen LogP contribution in [0.5, 0.6) is 11.5 Å². The molecule has 166 valence electrons. The summed E-state index contributed by atoms with van der Waals surface area (Å²) in [7, 11) is 1.36. The van der Waals surface area contributed by atoms with Gasteiger partial charge in [0.25, 0.3) is 5.91 Å². The van der Waals surface area contributed by atoms with E-state index in [2.05, 4.69) is 10.1 Å². The maximum absolute atomic E-state index is 12.5. The van der Waals surface area contributed by atoms with Crippen molar-refractivity contribution in [3.8, 4) is 11.5 Å². The van der Waals surface area contributed by atoms with E-state index < -0.39 is 6.61 Å². The smallest absolute Gasteiger partial charge is 0.387 e. The molecule has 0 atom stereocenters. The number of alkyl halides is 2. The second kappa shape index (κ2) is 10.4. The molecule has 2 amide bonds. The Morgan fingerprint density at radius 3 is 2.47 bits per heavy atom. The third kappa shape index (κ3) is 7.62. The molecule has 1 aliphatic rings. The Labute approximate surface area is 175 Å². The first-order valence-electron chi connectivity index (χ1n) is 9.82. The molecule has 1 fully saturated rings. The number of hydrogen-bond donors (Lipinski definition) is 2. The van der Waals surface area contributed by atoms with E-state index in [1.807, 2.05) is 20.8 Å². The van der Waals surface area contributed by atoms with Gasteiger partial charge in [0, 0.05) is 11.6 Å². The number of benzene rings is 1. The summed E-state index contributed by atoms with van der Waals surface area (Å²) in [4.78, 5) is 27.4. The van der Waals surface area contributed by atoms with Crippen molar-refractivity contribution in [2.45, 2.75) is 32.9 Å². The predicted molar refractivity (Wildman–Crippen MR) is 109 cm³/mol. The van der Waals surface area contributed by atoms with Crippen LogP contribution in [0.2, 0.25) is 0 Å². The molecule has 0 radical (unpaired) electrons. The van der Waals surface area contributed by atoms with Gasteiger partial charge in [0.2, 0.25) is 5.91 Å². The standard InChI is InChI=1S/C21H29F2N3O4/c1-21(2,3)24-18(27)14-25-9-11-26(12-10-25)19(28)8-6-15-5-7-16(30-20(22)23)17(13-15)29-4/h5-8,13,20H,9-12,14H2,1-4H3,(H,24,27)/p+1/b8-6+. The number of methoxy groups -OCH3 is 1. The molecule has 9 heteroatoms. The molecule has 7 nitrogen and oxygen atoms in total. The van der Waals surface area contributed by atoms with Crippen LogP contribution in [0, 0.1) is 0 Å². The lowest BCUT2D eigenvalue weighted by atomic mass is 10.1. The Hall–Kier alpha value is -2.68. The third-order valence-corrected chi connectivity index (χ3v) is 4.53. The molecular formula is C21H30F2N3O4+. The Kier molecular flexibility index (Phi) is 8.16. The van der Waals surface area contributed by atoms with Crippen molar-refractivity contribution < 1.29 is 32.7 Å². The Bertz CT molecular complexity index is 770. The number of nitrogens with zero attached hydrogens (tertiary/aromatic N) is 1. The number of halogens is 2. The second-order valence-corrected chi connectivity index (χ2v) is 8.17. The normalized spacial score (nSPS) is 15.5. The van der Waals surface area contributed by atoms with Gasteiger partial charge in [-0.15, -0.1) is 0 Å². The molecule has 1 aromatic carbocycles. The molecule has 30 heavy (non-hydrogen) atoms. The van der Waals surface area contributed by atoms with Crippen molar-refractivity contribution in [1.82, 2.24) is 10.2 Å². The Balaban J connectivity index is 1.87. The zero-order valence-electron chi connectivity index (χ0n) is 17.8. The largest absolute Gasteiger partial charge is 0.493 e. The molecule has 1 saturated heterocycles. The van der Waals surface area contributed by atoms with E-state index in [0.29, 0.717) is 38.3 Å². The highest BCUT2D eigenvalue weighted by molar-refractivity contribution is 5.92. The molecule has 1 aliphatic heterocycles. The van der Waals surface area contributed by atoms with Gasteiger partial charge in [-0.3, -0.25) is 9.59 Å². The van der Waals surface area contributed by atoms with Crippen molar-refractivity contribution in [2.24, 2.45) is 0 Å². The van der Waals surface area contributed by atoms with Crippen LogP contribution in [0.25, 0.3) is 6.08 Å². The molecule has 0 unspecified atom stereocenters. The average molecular weight is 426 g/mol. The maximum atomic E-state index is 12.5. The summed E-state index contributed by atoms with van der Waals surface area (Å²) in [5.74, 6) is -0.0355. The average Bonchev–Trinajstić information content (AvgIpc) is 2.65. The fraction of sp³-hybridized carbons (Fsp3) is 0.524. The number of carbonyl (C=O) groups excluding carboxylic acids is 2. The SMILES string of the molecule is COc1cc(/C=C/C(=O)N2CC[NH+](CC(=O)NC(C)(C)C)CC2)ccc1OC(F)F. The zero-order valence-corrected chi connectivity index (χ0v) is 17.8. The number of amides is 2. The maximum Gasteiger partial charge on any atom is 0.387 e. The molecule has 0 bridgehead atoms. The van der Waals surface area contributed by atoms with E-state index in [9.17, 15) is 18.4 Å². The van der Waals surface area contributed by atoms with Gasteiger partial charge < -0.3 is 24.6 Å². The summed E-state index contributed by atoms with van der Waals surface area (Å²) < 4.78 is 34.3. The van der Waals surface area contributed by atoms with Crippen molar-refractivity contribution in [3.63, 3.8) is 0 Å². The fourth-order valence-electron chi connectivity index (χ4n) is 3.16. The van der Waals surface area contributed by atoms with Gasteiger partial charge in [-0.25, -0.2) is 0 Å². The van der Waals surface area contributed by atoms with Gasteiger partial charge >= 0.3 is 6.61 Å². The summed E-state index contributed by atoms with van der Waals surface area (Å²) in [6, 6.07) is 4.47. The topological polar surface area (TPSA) is 72.3 Å². The molecule has 0 aliphatic carbocycles. The summed E-state index contributed by atoms with van der Waals surface area (Å²) >= 11 is 0. The lowest BCUT2D eigenvalue weighted by Crippen LogP contribution is -3.16. The van der Waals surface area contributed by atoms with Gasteiger partial charge in [-0.05, 0) is 44.5 Å². The van der Waals surface area contributed by atoms with Crippen LogP contribution in [0.3, 0.4) is 0 Å². The monoisotopic (exact) mass is 426 g/mol. The number of carbonyl (C=O) groups is 2. The highest BCUT2D eigenvalue weighted by Gasteiger charge is 2.25. The van der Waals surface area contributed by atoms with Crippen LogP contribution in [-0.2, 0) is 9.59 Å². The minimum Gasteiger partial charge on any atom is -0.493 e. The van der Waals surface area contributed by atoms with Crippen molar-refractivity contribution in [2.75, 3.05) is 39.8 Å². The number of nitrogens with one attached hydrogen (secondary N) is 2. The van der Waals surface area contributed by atoms with Crippen LogP contribution < -0.4 is 19.7 Å². The lowest BCUT2D eigenvalue weighted by Gasteiger charge is -2.32. The number of hydrogen-bond acceptors (Lipinski definition) is 4. The number of quaternary nitrogens is 1.